The fraction of sp³-hybridized carbons (Fsp3) is 0.0256. The molecule has 0 amide bonds. The van der Waals surface area contributed by atoms with E-state index in [9.17, 15) is 0 Å². The van der Waals surface area contributed by atoms with Crippen molar-refractivity contribution in [2.45, 2.75) is 5.41 Å². The van der Waals surface area contributed by atoms with E-state index in [4.69, 9.17) is 0 Å². The van der Waals surface area contributed by atoms with Crippen LogP contribution in [0.15, 0.2) is 128 Å². The van der Waals surface area contributed by atoms with Crippen LogP contribution in [0.1, 0.15) is 22.3 Å². The molecule has 1 spiro atoms. The highest BCUT2D eigenvalue weighted by Crippen LogP contribution is 2.64. The van der Waals surface area contributed by atoms with Crippen LogP contribution in [-0.2, 0) is 5.41 Å². The molecule has 11 rings (SSSR count). The van der Waals surface area contributed by atoms with E-state index in [2.05, 4.69) is 117 Å². The van der Waals surface area contributed by atoms with Crippen LogP contribution in [0.5, 0.6) is 0 Å². The molecule has 5 aromatic carbocycles. The van der Waals surface area contributed by atoms with Gasteiger partial charge in [-0.05, 0) is 73.5 Å². The number of pyridine rings is 2. The van der Waals surface area contributed by atoms with E-state index in [1.807, 2.05) is 24.8 Å². The number of aromatic nitrogens is 3. The molecule has 192 valence electrons. The second-order valence-electron chi connectivity index (χ2n) is 11.7. The van der Waals surface area contributed by atoms with Gasteiger partial charge in [0.1, 0.15) is 0 Å². The van der Waals surface area contributed by atoms with Gasteiger partial charge in [0, 0.05) is 33.9 Å². The molecule has 42 heavy (non-hydrogen) atoms. The topological polar surface area (TPSA) is 30.2 Å². The van der Waals surface area contributed by atoms with Gasteiger partial charge in [0.05, 0.1) is 34.4 Å². The highest BCUT2D eigenvalue weighted by atomic mass is 14.9. The number of rotatable bonds is 0. The Bertz CT molecular complexity index is 2590. The van der Waals surface area contributed by atoms with Crippen LogP contribution in [0.4, 0.5) is 0 Å². The van der Waals surface area contributed by atoms with Crippen LogP contribution in [0.3, 0.4) is 0 Å². The molecule has 0 aliphatic heterocycles. The second-order valence-corrected chi connectivity index (χ2v) is 11.7. The largest absolute Gasteiger partial charge is 0.305 e. The number of benzene rings is 5. The van der Waals surface area contributed by atoms with Gasteiger partial charge in [-0.3, -0.25) is 9.97 Å². The van der Waals surface area contributed by atoms with Gasteiger partial charge in [-0.15, -0.1) is 0 Å². The standard InChI is InChI=1S/C39H21N3/c1-3-12-30-23(9-1)24-10-2-4-13-31(24)39(30)32-14-6-8-22-7-5-11-26(35(22)32)28-19-29-25-15-17-40-20-33(25)42-34-21-41-18-16-27(34)36(37(28)39)38(29)42/h1-21H. The van der Waals surface area contributed by atoms with E-state index in [0.717, 1.165) is 11.0 Å². The fourth-order valence-corrected chi connectivity index (χ4v) is 8.72. The average Bonchev–Trinajstić information content (AvgIpc) is 3.67. The first-order chi connectivity index (χ1) is 20.9. The molecule has 4 aromatic heterocycles. The lowest BCUT2D eigenvalue weighted by atomic mass is 9.60. The molecule has 2 aliphatic rings. The van der Waals surface area contributed by atoms with Gasteiger partial charge in [-0.2, -0.15) is 0 Å². The molecule has 0 N–H and O–H groups in total. The highest BCUT2D eigenvalue weighted by Gasteiger charge is 2.51. The molecule has 0 unspecified atom stereocenters. The predicted molar refractivity (Wildman–Crippen MR) is 170 cm³/mol. The number of hydrogen-bond donors (Lipinski definition) is 0. The van der Waals surface area contributed by atoms with E-state index < -0.39 is 5.41 Å². The summed E-state index contributed by atoms with van der Waals surface area (Å²) in [5.41, 5.74) is 13.8. The second kappa shape index (κ2) is 7.02. The molecule has 2 aliphatic carbocycles. The van der Waals surface area contributed by atoms with E-state index in [0.29, 0.717) is 0 Å². The van der Waals surface area contributed by atoms with Crippen molar-refractivity contribution in [2.75, 3.05) is 0 Å². The third-order valence-corrected chi connectivity index (χ3v) is 10.1. The summed E-state index contributed by atoms with van der Waals surface area (Å²) in [6, 6.07) is 38.7. The summed E-state index contributed by atoms with van der Waals surface area (Å²) in [7, 11) is 0. The summed E-state index contributed by atoms with van der Waals surface area (Å²) >= 11 is 0. The summed E-state index contributed by atoms with van der Waals surface area (Å²) in [6.45, 7) is 0. The summed E-state index contributed by atoms with van der Waals surface area (Å²) in [5.74, 6) is 0. The fourth-order valence-electron chi connectivity index (χ4n) is 8.72. The normalized spacial score (nSPS) is 14.4. The monoisotopic (exact) mass is 531 g/mol. The van der Waals surface area contributed by atoms with Gasteiger partial charge >= 0.3 is 0 Å². The molecule has 0 fully saturated rings. The Kier molecular flexibility index (Phi) is 3.55. The molecule has 0 bridgehead atoms. The minimum atomic E-state index is -0.468. The maximum atomic E-state index is 4.61. The Morgan fingerprint density at radius 2 is 1.12 bits per heavy atom. The van der Waals surface area contributed by atoms with E-state index in [1.165, 1.54) is 82.3 Å². The summed E-state index contributed by atoms with van der Waals surface area (Å²) < 4.78 is 2.40. The lowest BCUT2D eigenvalue weighted by molar-refractivity contribution is 0.782. The van der Waals surface area contributed by atoms with Gasteiger partial charge in [-0.1, -0.05) is 84.9 Å². The van der Waals surface area contributed by atoms with Crippen molar-refractivity contribution in [3.8, 4) is 22.3 Å². The SMILES string of the molecule is c1ccc2c(c1)-c1ccccc1C21c2cccc3cccc(c23)-c2cc3c4ccncc4n4c5cnccc5c(c21)c34. The first-order valence-corrected chi connectivity index (χ1v) is 14.5. The quantitative estimate of drug-likeness (QED) is 0.195. The van der Waals surface area contributed by atoms with Gasteiger partial charge in [-0.25, -0.2) is 0 Å². The van der Waals surface area contributed by atoms with E-state index >= 15 is 0 Å². The highest BCUT2D eigenvalue weighted by molar-refractivity contribution is 6.27. The first kappa shape index (κ1) is 21.2. The van der Waals surface area contributed by atoms with Crippen LogP contribution in [0.2, 0.25) is 0 Å². The lowest BCUT2D eigenvalue weighted by Gasteiger charge is -2.40. The van der Waals surface area contributed by atoms with Crippen LogP contribution in [-0.4, -0.2) is 14.4 Å². The van der Waals surface area contributed by atoms with Crippen LogP contribution in [0.25, 0.3) is 71.1 Å². The lowest BCUT2D eigenvalue weighted by Crippen LogP contribution is -2.32. The third kappa shape index (κ3) is 2.13. The zero-order valence-electron chi connectivity index (χ0n) is 22.5. The molecule has 0 radical (unpaired) electrons. The molecule has 4 heterocycles. The van der Waals surface area contributed by atoms with E-state index in [1.54, 1.807) is 0 Å². The number of fused-ring (bicyclic) bond motifs is 16. The van der Waals surface area contributed by atoms with Crippen molar-refractivity contribution >= 4 is 48.9 Å². The number of nitrogens with zero attached hydrogens (tertiary/aromatic N) is 3. The first-order valence-electron chi connectivity index (χ1n) is 14.5. The number of hydrogen-bond acceptors (Lipinski definition) is 2. The average molecular weight is 532 g/mol. The Balaban J connectivity index is 1.52. The maximum Gasteiger partial charge on any atom is 0.0732 e. The molecular formula is C39H21N3. The van der Waals surface area contributed by atoms with Gasteiger partial charge in [0.2, 0.25) is 0 Å². The van der Waals surface area contributed by atoms with Gasteiger partial charge < -0.3 is 4.40 Å². The zero-order chi connectivity index (χ0) is 27.2. The van der Waals surface area contributed by atoms with Crippen LogP contribution < -0.4 is 0 Å². The zero-order valence-corrected chi connectivity index (χ0v) is 22.5. The van der Waals surface area contributed by atoms with Crippen molar-refractivity contribution in [3.63, 3.8) is 0 Å². The molecule has 9 aromatic rings. The van der Waals surface area contributed by atoms with Crippen LogP contribution in [0, 0.1) is 0 Å². The van der Waals surface area contributed by atoms with Crippen LogP contribution >= 0.6 is 0 Å². The van der Waals surface area contributed by atoms with Gasteiger partial charge in [0.15, 0.2) is 0 Å². The molecule has 3 nitrogen and oxygen atoms in total. The molecular weight excluding hydrogens is 510 g/mol. The Hall–Kier alpha value is -5.54. The molecule has 3 heteroatoms. The molecule has 0 atom stereocenters. The Labute approximate surface area is 240 Å². The Morgan fingerprint density at radius 3 is 1.88 bits per heavy atom. The van der Waals surface area contributed by atoms with Crippen molar-refractivity contribution in [1.82, 2.24) is 14.4 Å². The van der Waals surface area contributed by atoms with Crippen molar-refractivity contribution in [1.29, 1.82) is 0 Å². The van der Waals surface area contributed by atoms with Crippen molar-refractivity contribution in [3.05, 3.63) is 150 Å². The minimum Gasteiger partial charge on any atom is -0.305 e. The van der Waals surface area contributed by atoms with Gasteiger partial charge in [0.25, 0.3) is 0 Å². The maximum absolute atomic E-state index is 4.61. The van der Waals surface area contributed by atoms with Crippen molar-refractivity contribution in [2.24, 2.45) is 0 Å². The Morgan fingerprint density at radius 1 is 0.500 bits per heavy atom. The van der Waals surface area contributed by atoms with Crippen molar-refractivity contribution < 1.29 is 0 Å². The van der Waals surface area contributed by atoms with E-state index in [-0.39, 0.29) is 0 Å². The summed E-state index contributed by atoms with van der Waals surface area (Å²) in [5, 5.41) is 7.68. The predicted octanol–water partition coefficient (Wildman–Crippen LogP) is 9.12. The third-order valence-electron chi connectivity index (χ3n) is 10.1. The smallest absolute Gasteiger partial charge is 0.0732 e. The summed E-state index contributed by atoms with van der Waals surface area (Å²) in [6.07, 6.45) is 7.88. The molecule has 0 saturated heterocycles. The summed E-state index contributed by atoms with van der Waals surface area (Å²) in [4.78, 5) is 9.18. The molecule has 0 saturated carbocycles. The minimum absolute atomic E-state index is 0.468.